The molecule has 0 amide bonds. The molecule has 1 fully saturated rings. The molecule has 1 N–H and O–H groups in total. The lowest BCUT2D eigenvalue weighted by Gasteiger charge is -2.33. The van der Waals surface area contributed by atoms with E-state index in [4.69, 9.17) is 0 Å². The van der Waals surface area contributed by atoms with E-state index in [0.29, 0.717) is 0 Å². The van der Waals surface area contributed by atoms with Gasteiger partial charge in [0.1, 0.15) is 0 Å². The van der Waals surface area contributed by atoms with Gasteiger partial charge in [-0.05, 0) is 49.4 Å². The Labute approximate surface area is 117 Å². The first-order valence-corrected chi connectivity index (χ1v) is 7.57. The van der Waals surface area contributed by atoms with E-state index >= 15 is 0 Å². The minimum Gasteiger partial charge on any atom is -0.311 e. The van der Waals surface area contributed by atoms with Crippen LogP contribution in [0.2, 0.25) is 0 Å². The molecule has 1 aliphatic rings. The maximum atomic E-state index is 4.13. The second kappa shape index (κ2) is 7.61. The molecule has 19 heavy (non-hydrogen) atoms. The molecule has 1 aliphatic heterocycles. The van der Waals surface area contributed by atoms with Crippen LogP contribution in [0, 0.1) is 11.8 Å². The summed E-state index contributed by atoms with van der Waals surface area (Å²) in [5.41, 5.74) is 1.26. The highest BCUT2D eigenvalue weighted by molar-refractivity contribution is 5.07. The van der Waals surface area contributed by atoms with Crippen LogP contribution < -0.4 is 5.32 Å². The van der Waals surface area contributed by atoms with Crippen LogP contribution in [0.1, 0.15) is 32.3 Å². The lowest BCUT2D eigenvalue weighted by molar-refractivity contribution is 0.158. The zero-order valence-corrected chi connectivity index (χ0v) is 12.3. The molecule has 3 heteroatoms. The molecule has 0 aromatic carbocycles. The molecular formula is C16H27N3. The standard InChI is InChI=1S/C16H27N3/c1-14(2)16-5-9-19(10-6-16)11-8-18-13-15-4-3-7-17-12-15/h3-4,7,12,14,16,18H,5-6,8-11,13H2,1-2H3. The number of pyridine rings is 1. The van der Waals surface area contributed by atoms with Gasteiger partial charge in [-0.25, -0.2) is 0 Å². The molecule has 0 saturated carbocycles. The van der Waals surface area contributed by atoms with Crippen LogP contribution >= 0.6 is 0 Å². The lowest BCUT2D eigenvalue weighted by Crippen LogP contribution is -2.39. The molecule has 0 unspecified atom stereocenters. The fourth-order valence-corrected chi connectivity index (χ4v) is 2.82. The van der Waals surface area contributed by atoms with Crippen LogP contribution in [-0.2, 0) is 6.54 Å². The molecule has 0 radical (unpaired) electrons. The van der Waals surface area contributed by atoms with Crippen LogP contribution in [0.4, 0.5) is 0 Å². The van der Waals surface area contributed by atoms with Gasteiger partial charge in [0.2, 0.25) is 0 Å². The van der Waals surface area contributed by atoms with Gasteiger partial charge in [-0.1, -0.05) is 19.9 Å². The fourth-order valence-electron chi connectivity index (χ4n) is 2.82. The van der Waals surface area contributed by atoms with Gasteiger partial charge < -0.3 is 10.2 Å². The van der Waals surface area contributed by atoms with Crippen molar-refractivity contribution in [2.75, 3.05) is 26.2 Å². The lowest BCUT2D eigenvalue weighted by atomic mass is 9.87. The first-order valence-electron chi connectivity index (χ1n) is 7.57. The van der Waals surface area contributed by atoms with E-state index < -0.39 is 0 Å². The second-order valence-corrected chi connectivity index (χ2v) is 5.96. The van der Waals surface area contributed by atoms with Crippen molar-refractivity contribution < 1.29 is 0 Å². The summed E-state index contributed by atoms with van der Waals surface area (Å²) >= 11 is 0. The Morgan fingerprint density at radius 3 is 2.79 bits per heavy atom. The summed E-state index contributed by atoms with van der Waals surface area (Å²) in [6.07, 6.45) is 6.50. The average molecular weight is 261 g/mol. The number of hydrogen-bond acceptors (Lipinski definition) is 3. The SMILES string of the molecule is CC(C)C1CCN(CCNCc2cccnc2)CC1. The van der Waals surface area contributed by atoms with Crippen LogP contribution in [0.15, 0.2) is 24.5 Å². The molecule has 0 aliphatic carbocycles. The maximum Gasteiger partial charge on any atom is 0.0312 e. The van der Waals surface area contributed by atoms with Crippen LogP contribution in [0.5, 0.6) is 0 Å². The normalized spacial score (nSPS) is 18.1. The number of likely N-dealkylation sites (tertiary alicyclic amines) is 1. The molecule has 0 bridgehead atoms. The molecule has 2 rings (SSSR count). The van der Waals surface area contributed by atoms with Gasteiger partial charge >= 0.3 is 0 Å². The number of aromatic nitrogens is 1. The second-order valence-electron chi connectivity index (χ2n) is 5.96. The first kappa shape index (κ1) is 14.5. The number of hydrogen-bond donors (Lipinski definition) is 1. The van der Waals surface area contributed by atoms with Gasteiger partial charge in [0, 0.05) is 32.0 Å². The smallest absolute Gasteiger partial charge is 0.0312 e. The molecule has 0 atom stereocenters. The summed E-state index contributed by atoms with van der Waals surface area (Å²) in [7, 11) is 0. The Kier molecular flexibility index (Phi) is 5.80. The monoisotopic (exact) mass is 261 g/mol. The largest absolute Gasteiger partial charge is 0.311 e. The van der Waals surface area contributed by atoms with Crippen molar-refractivity contribution in [1.29, 1.82) is 0 Å². The van der Waals surface area contributed by atoms with Crippen molar-refractivity contribution in [3.05, 3.63) is 30.1 Å². The molecule has 0 spiro atoms. The summed E-state index contributed by atoms with van der Waals surface area (Å²) in [6.45, 7) is 10.4. The number of rotatable bonds is 6. The fraction of sp³-hybridized carbons (Fsp3) is 0.688. The Bertz CT molecular complexity index is 342. The molecule has 1 aromatic rings. The Morgan fingerprint density at radius 1 is 1.37 bits per heavy atom. The molecule has 1 saturated heterocycles. The summed E-state index contributed by atoms with van der Waals surface area (Å²) in [4.78, 5) is 6.72. The number of nitrogens with one attached hydrogen (secondary N) is 1. The van der Waals surface area contributed by atoms with Gasteiger partial charge in [-0.3, -0.25) is 4.98 Å². The first-order chi connectivity index (χ1) is 9.25. The van der Waals surface area contributed by atoms with Crippen LogP contribution in [-0.4, -0.2) is 36.1 Å². The van der Waals surface area contributed by atoms with E-state index in [9.17, 15) is 0 Å². The molecule has 3 nitrogen and oxygen atoms in total. The van der Waals surface area contributed by atoms with E-state index in [1.165, 1.54) is 38.0 Å². The third-order valence-electron chi connectivity index (χ3n) is 4.23. The van der Waals surface area contributed by atoms with Crippen molar-refractivity contribution in [3.63, 3.8) is 0 Å². The number of nitrogens with zero attached hydrogens (tertiary/aromatic N) is 2. The summed E-state index contributed by atoms with van der Waals surface area (Å²) in [5.74, 6) is 1.80. The van der Waals surface area contributed by atoms with E-state index in [0.717, 1.165) is 24.9 Å². The summed E-state index contributed by atoms with van der Waals surface area (Å²) in [6, 6.07) is 4.11. The van der Waals surface area contributed by atoms with E-state index in [2.05, 4.69) is 35.1 Å². The zero-order valence-electron chi connectivity index (χ0n) is 12.3. The van der Waals surface area contributed by atoms with Gasteiger partial charge in [0.25, 0.3) is 0 Å². The topological polar surface area (TPSA) is 28.2 Å². The molecule has 2 heterocycles. The van der Waals surface area contributed by atoms with Gasteiger partial charge in [0.15, 0.2) is 0 Å². The van der Waals surface area contributed by atoms with Gasteiger partial charge in [-0.15, -0.1) is 0 Å². The Hall–Kier alpha value is -0.930. The molecular weight excluding hydrogens is 234 g/mol. The Balaban J connectivity index is 1.57. The van der Waals surface area contributed by atoms with Crippen molar-refractivity contribution in [2.45, 2.75) is 33.2 Å². The van der Waals surface area contributed by atoms with Gasteiger partial charge in [-0.2, -0.15) is 0 Å². The highest BCUT2D eigenvalue weighted by atomic mass is 15.1. The van der Waals surface area contributed by atoms with E-state index in [1.54, 1.807) is 0 Å². The van der Waals surface area contributed by atoms with Crippen molar-refractivity contribution in [2.24, 2.45) is 11.8 Å². The van der Waals surface area contributed by atoms with Gasteiger partial charge in [0.05, 0.1) is 0 Å². The van der Waals surface area contributed by atoms with E-state index in [-0.39, 0.29) is 0 Å². The highest BCUT2D eigenvalue weighted by Crippen LogP contribution is 2.23. The quantitative estimate of drug-likeness (QED) is 0.798. The van der Waals surface area contributed by atoms with Crippen LogP contribution in [0.3, 0.4) is 0 Å². The third kappa shape index (κ3) is 4.92. The predicted molar refractivity (Wildman–Crippen MR) is 79.9 cm³/mol. The average Bonchev–Trinajstić information content (AvgIpc) is 2.45. The Morgan fingerprint density at radius 2 is 2.16 bits per heavy atom. The minimum atomic E-state index is 0.853. The third-order valence-corrected chi connectivity index (χ3v) is 4.23. The zero-order chi connectivity index (χ0) is 13.5. The molecule has 106 valence electrons. The summed E-state index contributed by atoms with van der Waals surface area (Å²) < 4.78 is 0. The number of piperidine rings is 1. The van der Waals surface area contributed by atoms with Crippen molar-refractivity contribution in [3.8, 4) is 0 Å². The van der Waals surface area contributed by atoms with Crippen LogP contribution in [0.25, 0.3) is 0 Å². The highest BCUT2D eigenvalue weighted by Gasteiger charge is 2.20. The van der Waals surface area contributed by atoms with E-state index in [1.807, 2.05) is 18.5 Å². The van der Waals surface area contributed by atoms with Crippen molar-refractivity contribution >= 4 is 0 Å². The predicted octanol–water partition coefficient (Wildman–Crippen LogP) is 2.54. The minimum absolute atomic E-state index is 0.853. The van der Waals surface area contributed by atoms with Crippen molar-refractivity contribution in [1.82, 2.24) is 15.2 Å². The maximum absolute atomic E-state index is 4.13. The molecule has 1 aromatic heterocycles. The summed E-state index contributed by atoms with van der Waals surface area (Å²) in [5, 5.41) is 3.50.